The second kappa shape index (κ2) is 9.29. The molecule has 184 valence electrons. The van der Waals surface area contributed by atoms with E-state index >= 15 is 0 Å². The Morgan fingerprint density at radius 3 is 2.57 bits per heavy atom. The molecular weight excluding hydrogens is 467 g/mol. The molecule has 0 saturated carbocycles. The number of nitrogens with zero attached hydrogens (tertiary/aromatic N) is 2. The molecule has 1 aliphatic rings. The van der Waals surface area contributed by atoms with Crippen molar-refractivity contribution in [1.82, 2.24) is 15.1 Å². The van der Waals surface area contributed by atoms with Crippen molar-refractivity contribution in [3.63, 3.8) is 0 Å². The molecule has 9 nitrogen and oxygen atoms in total. The standard InChI is InChI=1S/C23H22F3N5O4/c1-34-16-7-6-14(24)8-15(16)22(33)29-9-12-2-4-13(5-3-12)19-18(21(28)32)20(27)31(30-19)17-10-35-11-23(17,25)26/h2-8,17H,9-11,27H2,1H3,(H2,28,32)(H,29,33)/t17-/m1/s1. The van der Waals surface area contributed by atoms with E-state index in [-0.39, 0.29) is 41.5 Å². The van der Waals surface area contributed by atoms with Gasteiger partial charge in [0.2, 0.25) is 0 Å². The van der Waals surface area contributed by atoms with Crippen LogP contribution in [0.3, 0.4) is 0 Å². The molecule has 4 rings (SSSR count). The number of amides is 2. The summed E-state index contributed by atoms with van der Waals surface area (Å²) in [5, 5.41) is 6.83. The molecule has 1 aromatic heterocycles. The SMILES string of the molecule is COc1ccc(F)cc1C(=O)NCc1ccc(-c2nn([C@@H]3COCC3(F)F)c(N)c2C(N)=O)cc1. The number of hydrogen-bond donors (Lipinski definition) is 3. The number of nitrogens with two attached hydrogens (primary N) is 2. The van der Waals surface area contributed by atoms with Crippen molar-refractivity contribution in [2.75, 3.05) is 26.1 Å². The smallest absolute Gasteiger partial charge is 0.295 e. The van der Waals surface area contributed by atoms with Crippen LogP contribution in [0.4, 0.5) is 19.0 Å². The van der Waals surface area contributed by atoms with Crippen molar-refractivity contribution in [3.05, 3.63) is 65.0 Å². The number of carbonyl (C=O) groups excluding carboxylic acids is 2. The van der Waals surface area contributed by atoms with E-state index < -0.39 is 36.2 Å². The summed E-state index contributed by atoms with van der Waals surface area (Å²) in [5.74, 6) is -5.28. The molecule has 2 amide bonds. The zero-order valence-electron chi connectivity index (χ0n) is 18.6. The van der Waals surface area contributed by atoms with Gasteiger partial charge in [0.15, 0.2) is 0 Å². The first kappa shape index (κ1) is 24.1. The maximum Gasteiger partial charge on any atom is 0.295 e. The summed E-state index contributed by atoms with van der Waals surface area (Å²) in [7, 11) is 1.37. The number of nitrogens with one attached hydrogen (secondary N) is 1. The van der Waals surface area contributed by atoms with E-state index in [1.807, 2.05) is 0 Å². The van der Waals surface area contributed by atoms with Crippen molar-refractivity contribution < 1.29 is 32.2 Å². The average Bonchev–Trinajstić information content (AvgIpc) is 3.35. The molecule has 35 heavy (non-hydrogen) atoms. The molecule has 5 N–H and O–H groups in total. The van der Waals surface area contributed by atoms with Crippen LogP contribution in [0.1, 0.15) is 32.3 Å². The molecule has 1 saturated heterocycles. The highest BCUT2D eigenvalue weighted by Gasteiger charge is 2.48. The van der Waals surface area contributed by atoms with Gasteiger partial charge in [0, 0.05) is 12.1 Å². The first-order valence-electron chi connectivity index (χ1n) is 10.5. The van der Waals surface area contributed by atoms with E-state index in [0.29, 0.717) is 11.1 Å². The van der Waals surface area contributed by atoms with Crippen LogP contribution in [-0.4, -0.2) is 47.8 Å². The molecule has 12 heteroatoms. The molecule has 1 aliphatic heterocycles. The molecule has 1 atom stereocenters. The van der Waals surface area contributed by atoms with Gasteiger partial charge in [-0.3, -0.25) is 9.59 Å². The number of carbonyl (C=O) groups is 2. The fraction of sp³-hybridized carbons (Fsp3) is 0.261. The lowest BCUT2D eigenvalue weighted by molar-refractivity contribution is -0.0344. The maximum absolute atomic E-state index is 14.2. The van der Waals surface area contributed by atoms with Gasteiger partial charge in [0.05, 0.1) is 19.3 Å². The van der Waals surface area contributed by atoms with Crippen molar-refractivity contribution in [1.29, 1.82) is 0 Å². The minimum atomic E-state index is -3.21. The van der Waals surface area contributed by atoms with Gasteiger partial charge in [0.1, 0.15) is 41.3 Å². The summed E-state index contributed by atoms with van der Waals surface area (Å²) in [4.78, 5) is 24.5. The third kappa shape index (κ3) is 4.64. The van der Waals surface area contributed by atoms with Crippen LogP contribution in [0.5, 0.6) is 5.75 Å². The number of methoxy groups -OCH3 is 1. The monoisotopic (exact) mass is 489 g/mol. The number of halogens is 3. The number of benzene rings is 2. The second-order valence-corrected chi connectivity index (χ2v) is 7.93. The Labute approximate surface area is 197 Å². The number of primary amides is 1. The molecule has 3 aromatic rings. The minimum Gasteiger partial charge on any atom is -0.496 e. The van der Waals surface area contributed by atoms with Crippen molar-refractivity contribution in [2.24, 2.45) is 5.73 Å². The van der Waals surface area contributed by atoms with Gasteiger partial charge < -0.3 is 26.3 Å². The summed E-state index contributed by atoms with van der Waals surface area (Å²) in [6.45, 7) is -0.991. The third-order valence-electron chi connectivity index (χ3n) is 5.63. The fourth-order valence-electron chi connectivity index (χ4n) is 3.82. The fourth-order valence-corrected chi connectivity index (χ4v) is 3.82. The quantitative estimate of drug-likeness (QED) is 0.467. The zero-order chi connectivity index (χ0) is 25.3. The van der Waals surface area contributed by atoms with Gasteiger partial charge in [-0.25, -0.2) is 17.9 Å². The van der Waals surface area contributed by atoms with Gasteiger partial charge in [-0.1, -0.05) is 24.3 Å². The minimum absolute atomic E-state index is 0.0453. The number of alkyl halides is 2. The van der Waals surface area contributed by atoms with E-state index in [9.17, 15) is 22.8 Å². The van der Waals surface area contributed by atoms with Crippen LogP contribution in [0.15, 0.2) is 42.5 Å². The van der Waals surface area contributed by atoms with Crippen LogP contribution < -0.4 is 21.5 Å². The lowest BCUT2D eigenvalue weighted by Gasteiger charge is -2.18. The summed E-state index contributed by atoms with van der Waals surface area (Å²) < 4.78 is 52.8. The number of hydrogen-bond acceptors (Lipinski definition) is 6. The van der Waals surface area contributed by atoms with Gasteiger partial charge >= 0.3 is 0 Å². The molecule has 0 radical (unpaired) electrons. The molecule has 0 unspecified atom stereocenters. The largest absolute Gasteiger partial charge is 0.496 e. The lowest BCUT2D eigenvalue weighted by Crippen LogP contribution is -2.31. The van der Waals surface area contributed by atoms with E-state index in [1.165, 1.54) is 19.2 Å². The molecule has 0 aliphatic carbocycles. The van der Waals surface area contributed by atoms with Crippen LogP contribution in [0, 0.1) is 5.82 Å². The molecule has 1 fully saturated rings. The van der Waals surface area contributed by atoms with Crippen LogP contribution in [0.25, 0.3) is 11.3 Å². The van der Waals surface area contributed by atoms with Gasteiger partial charge in [0.25, 0.3) is 17.7 Å². The Morgan fingerprint density at radius 1 is 1.26 bits per heavy atom. The van der Waals surface area contributed by atoms with E-state index in [4.69, 9.17) is 20.9 Å². The molecule has 0 bridgehead atoms. The number of anilines is 1. The van der Waals surface area contributed by atoms with Gasteiger partial charge in [-0.15, -0.1) is 0 Å². The summed E-state index contributed by atoms with van der Waals surface area (Å²) >= 11 is 0. The summed E-state index contributed by atoms with van der Waals surface area (Å²) in [6.07, 6.45) is 0. The second-order valence-electron chi connectivity index (χ2n) is 7.93. The molecule has 2 aromatic carbocycles. The van der Waals surface area contributed by atoms with Crippen LogP contribution in [0.2, 0.25) is 0 Å². The molecular formula is C23H22F3N5O4. The Bertz CT molecular complexity index is 1280. The number of ether oxygens (including phenoxy) is 2. The Hall–Kier alpha value is -4.06. The number of rotatable bonds is 7. The van der Waals surface area contributed by atoms with E-state index in [1.54, 1.807) is 24.3 Å². The zero-order valence-corrected chi connectivity index (χ0v) is 18.6. The average molecular weight is 489 g/mol. The number of nitrogen functional groups attached to an aromatic ring is 1. The van der Waals surface area contributed by atoms with Crippen LogP contribution in [-0.2, 0) is 11.3 Å². The highest BCUT2D eigenvalue weighted by Crippen LogP contribution is 2.38. The first-order valence-corrected chi connectivity index (χ1v) is 10.5. The van der Waals surface area contributed by atoms with Crippen molar-refractivity contribution in [3.8, 4) is 17.0 Å². The van der Waals surface area contributed by atoms with Crippen molar-refractivity contribution in [2.45, 2.75) is 18.5 Å². The molecule has 2 heterocycles. The Morgan fingerprint density at radius 2 is 1.97 bits per heavy atom. The highest BCUT2D eigenvalue weighted by atomic mass is 19.3. The number of aromatic nitrogens is 2. The predicted octanol–water partition coefficient (Wildman–Crippen LogP) is 2.52. The van der Waals surface area contributed by atoms with E-state index in [0.717, 1.165) is 10.7 Å². The van der Waals surface area contributed by atoms with Gasteiger partial charge in [-0.05, 0) is 23.8 Å². The third-order valence-corrected chi connectivity index (χ3v) is 5.63. The van der Waals surface area contributed by atoms with E-state index in [2.05, 4.69) is 10.4 Å². The topological polar surface area (TPSA) is 134 Å². The highest BCUT2D eigenvalue weighted by molar-refractivity contribution is 6.03. The normalized spacial score (nSPS) is 16.7. The lowest BCUT2D eigenvalue weighted by atomic mass is 10.0. The molecule has 0 spiro atoms. The Balaban J connectivity index is 1.55. The first-order chi connectivity index (χ1) is 16.6. The summed E-state index contributed by atoms with van der Waals surface area (Å²) in [6, 6.07) is 8.61. The van der Waals surface area contributed by atoms with Gasteiger partial charge in [-0.2, -0.15) is 5.10 Å². The Kier molecular flexibility index (Phi) is 6.39. The summed E-state index contributed by atoms with van der Waals surface area (Å²) in [5.41, 5.74) is 12.4. The van der Waals surface area contributed by atoms with Crippen LogP contribution >= 0.6 is 0 Å². The van der Waals surface area contributed by atoms with Crippen molar-refractivity contribution >= 4 is 17.6 Å². The maximum atomic E-state index is 14.2. The predicted molar refractivity (Wildman–Crippen MR) is 120 cm³/mol.